The van der Waals surface area contributed by atoms with Gasteiger partial charge in [0.1, 0.15) is 0 Å². The highest BCUT2D eigenvalue weighted by Crippen LogP contribution is 2.10. The summed E-state index contributed by atoms with van der Waals surface area (Å²) < 4.78 is 0. The molecule has 0 saturated heterocycles. The molecular formula is C17H19NO. The van der Waals surface area contributed by atoms with Crippen molar-refractivity contribution < 1.29 is 4.79 Å². The van der Waals surface area contributed by atoms with E-state index in [0.717, 1.165) is 11.1 Å². The highest BCUT2D eigenvalue weighted by Gasteiger charge is 2.04. The number of benzene rings is 2. The molecule has 0 aliphatic heterocycles. The molecule has 1 N–H and O–H groups in total. The summed E-state index contributed by atoms with van der Waals surface area (Å²) in [4.78, 5) is 11.9. The fourth-order valence-corrected chi connectivity index (χ4v) is 1.96. The molecule has 19 heavy (non-hydrogen) atoms. The van der Waals surface area contributed by atoms with Crippen LogP contribution in [0.2, 0.25) is 0 Å². The Labute approximate surface area is 114 Å². The second-order valence-electron chi connectivity index (χ2n) is 4.86. The van der Waals surface area contributed by atoms with Gasteiger partial charge in [0.2, 0.25) is 5.91 Å². The van der Waals surface area contributed by atoms with Gasteiger partial charge in [-0.1, -0.05) is 48.5 Å². The summed E-state index contributed by atoms with van der Waals surface area (Å²) in [6.45, 7) is 4.74. The molecule has 0 spiro atoms. The largest absolute Gasteiger partial charge is 0.352 e. The molecule has 0 atom stereocenters. The van der Waals surface area contributed by atoms with Crippen LogP contribution in [0.25, 0.3) is 0 Å². The Bertz CT molecular complexity index is 561. The SMILES string of the molecule is Cc1ccc(CC(=O)NCc2ccccc2)cc1C. The minimum atomic E-state index is 0.0621. The summed E-state index contributed by atoms with van der Waals surface area (Å²) in [5.74, 6) is 0.0621. The Balaban J connectivity index is 1.89. The van der Waals surface area contributed by atoms with Crippen molar-refractivity contribution in [2.75, 3.05) is 0 Å². The van der Waals surface area contributed by atoms with Gasteiger partial charge in [-0.15, -0.1) is 0 Å². The van der Waals surface area contributed by atoms with Crippen LogP contribution >= 0.6 is 0 Å². The lowest BCUT2D eigenvalue weighted by Gasteiger charge is -2.07. The molecule has 2 aromatic rings. The van der Waals surface area contributed by atoms with Gasteiger partial charge in [-0.3, -0.25) is 4.79 Å². The molecule has 0 unspecified atom stereocenters. The Morgan fingerprint density at radius 2 is 1.68 bits per heavy atom. The second-order valence-corrected chi connectivity index (χ2v) is 4.86. The molecule has 0 aliphatic carbocycles. The van der Waals surface area contributed by atoms with Crippen molar-refractivity contribution in [3.8, 4) is 0 Å². The number of aryl methyl sites for hydroxylation is 2. The van der Waals surface area contributed by atoms with Crippen LogP contribution < -0.4 is 5.32 Å². The Morgan fingerprint density at radius 3 is 2.37 bits per heavy atom. The molecule has 2 rings (SSSR count). The number of rotatable bonds is 4. The van der Waals surface area contributed by atoms with Crippen molar-refractivity contribution in [1.29, 1.82) is 0 Å². The van der Waals surface area contributed by atoms with E-state index < -0.39 is 0 Å². The van der Waals surface area contributed by atoms with E-state index >= 15 is 0 Å². The minimum absolute atomic E-state index is 0.0621. The molecule has 2 nitrogen and oxygen atoms in total. The lowest BCUT2D eigenvalue weighted by Crippen LogP contribution is -2.24. The average Bonchev–Trinajstić information content (AvgIpc) is 2.42. The van der Waals surface area contributed by atoms with E-state index in [-0.39, 0.29) is 5.91 Å². The van der Waals surface area contributed by atoms with Crippen LogP contribution in [0.1, 0.15) is 22.3 Å². The van der Waals surface area contributed by atoms with Crippen molar-refractivity contribution in [2.45, 2.75) is 26.8 Å². The quantitative estimate of drug-likeness (QED) is 0.891. The van der Waals surface area contributed by atoms with E-state index in [1.165, 1.54) is 11.1 Å². The molecule has 98 valence electrons. The highest BCUT2D eigenvalue weighted by atomic mass is 16.1. The molecule has 0 bridgehead atoms. The fraction of sp³-hybridized carbons (Fsp3) is 0.235. The summed E-state index contributed by atoms with van der Waals surface area (Å²) in [6, 6.07) is 16.1. The zero-order valence-corrected chi connectivity index (χ0v) is 11.4. The maximum Gasteiger partial charge on any atom is 0.224 e. The summed E-state index contributed by atoms with van der Waals surface area (Å²) in [6.07, 6.45) is 0.438. The first-order chi connectivity index (χ1) is 9.15. The zero-order chi connectivity index (χ0) is 13.7. The first-order valence-electron chi connectivity index (χ1n) is 6.52. The lowest BCUT2D eigenvalue weighted by molar-refractivity contribution is -0.120. The molecule has 2 aromatic carbocycles. The zero-order valence-electron chi connectivity index (χ0n) is 11.4. The van der Waals surface area contributed by atoms with Crippen molar-refractivity contribution in [3.63, 3.8) is 0 Å². The molecule has 0 aliphatic rings. The Hall–Kier alpha value is -2.09. The molecule has 0 fully saturated rings. The standard InChI is InChI=1S/C17H19NO/c1-13-8-9-16(10-14(13)2)11-17(19)18-12-15-6-4-3-5-7-15/h3-10H,11-12H2,1-2H3,(H,18,19). The molecule has 0 heterocycles. The summed E-state index contributed by atoms with van der Waals surface area (Å²) >= 11 is 0. The van der Waals surface area contributed by atoms with Gasteiger partial charge in [0.15, 0.2) is 0 Å². The number of hydrogen-bond acceptors (Lipinski definition) is 1. The van der Waals surface area contributed by atoms with Crippen molar-refractivity contribution >= 4 is 5.91 Å². The Morgan fingerprint density at radius 1 is 0.947 bits per heavy atom. The van der Waals surface area contributed by atoms with Crippen LogP contribution in [0, 0.1) is 13.8 Å². The van der Waals surface area contributed by atoms with Gasteiger partial charge in [0.05, 0.1) is 6.42 Å². The highest BCUT2D eigenvalue weighted by molar-refractivity contribution is 5.78. The topological polar surface area (TPSA) is 29.1 Å². The van der Waals surface area contributed by atoms with Crippen LogP contribution in [0.4, 0.5) is 0 Å². The first kappa shape index (κ1) is 13.3. The summed E-state index contributed by atoms with van der Waals surface area (Å²) in [5, 5.41) is 2.94. The minimum Gasteiger partial charge on any atom is -0.352 e. The second kappa shape index (κ2) is 6.19. The van der Waals surface area contributed by atoms with Crippen LogP contribution in [-0.4, -0.2) is 5.91 Å². The van der Waals surface area contributed by atoms with Gasteiger partial charge in [-0.25, -0.2) is 0 Å². The summed E-state index contributed by atoms with van der Waals surface area (Å²) in [5.41, 5.74) is 4.67. The van der Waals surface area contributed by atoms with Crippen LogP contribution in [0.15, 0.2) is 48.5 Å². The number of nitrogens with one attached hydrogen (secondary N) is 1. The lowest BCUT2D eigenvalue weighted by atomic mass is 10.0. The van der Waals surface area contributed by atoms with E-state index in [2.05, 4.69) is 31.3 Å². The fourth-order valence-electron chi connectivity index (χ4n) is 1.96. The van der Waals surface area contributed by atoms with Gasteiger partial charge in [0.25, 0.3) is 0 Å². The predicted octanol–water partition coefficient (Wildman–Crippen LogP) is 3.16. The van der Waals surface area contributed by atoms with E-state index in [0.29, 0.717) is 13.0 Å². The number of carbonyl (C=O) groups excluding carboxylic acids is 1. The third-order valence-electron chi connectivity index (χ3n) is 3.27. The summed E-state index contributed by atoms with van der Waals surface area (Å²) in [7, 11) is 0. The molecule has 0 saturated carbocycles. The normalized spacial score (nSPS) is 10.2. The van der Waals surface area contributed by atoms with Crippen LogP contribution in [0.5, 0.6) is 0 Å². The molecule has 2 heteroatoms. The average molecular weight is 253 g/mol. The van der Waals surface area contributed by atoms with E-state index in [9.17, 15) is 4.79 Å². The van der Waals surface area contributed by atoms with E-state index in [1.807, 2.05) is 36.4 Å². The van der Waals surface area contributed by atoms with Crippen molar-refractivity contribution in [1.82, 2.24) is 5.32 Å². The third-order valence-corrected chi connectivity index (χ3v) is 3.27. The van der Waals surface area contributed by atoms with Gasteiger partial charge < -0.3 is 5.32 Å². The van der Waals surface area contributed by atoms with Gasteiger partial charge >= 0.3 is 0 Å². The van der Waals surface area contributed by atoms with E-state index in [1.54, 1.807) is 0 Å². The third kappa shape index (κ3) is 3.95. The van der Waals surface area contributed by atoms with Crippen molar-refractivity contribution in [2.24, 2.45) is 0 Å². The Kier molecular flexibility index (Phi) is 4.35. The maximum absolute atomic E-state index is 11.9. The number of carbonyl (C=O) groups is 1. The first-order valence-corrected chi connectivity index (χ1v) is 6.52. The maximum atomic E-state index is 11.9. The molecular weight excluding hydrogens is 234 g/mol. The smallest absolute Gasteiger partial charge is 0.224 e. The van der Waals surface area contributed by atoms with Crippen LogP contribution in [-0.2, 0) is 17.8 Å². The molecule has 1 amide bonds. The molecule has 0 aromatic heterocycles. The predicted molar refractivity (Wildman–Crippen MR) is 77.9 cm³/mol. The van der Waals surface area contributed by atoms with E-state index in [4.69, 9.17) is 0 Å². The van der Waals surface area contributed by atoms with Gasteiger partial charge in [-0.2, -0.15) is 0 Å². The number of hydrogen-bond donors (Lipinski definition) is 1. The monoisotopic (exact) mass is 253 g/mol. The van der Waals surface area contributed by atoms with Gasteiger partial charge in [0, 0.05) is 6.54 Å². The van der Waals surface area contributed by atoms with Crippen LogP contribution in [0.3, 0.4) is 0 Å². The number of amides is 1. The molecule has 0 radical (unpaired) electrons. The van der Waals surface area contributed by atoms with Gasteiger partial charge in [-0.05, 0) is 36.1 Å². The van der Waals surface area contributed by atoms with Crippen molar-refractivity contribution in [3.05, 3.63) is 70.8 Å².